The molecule has 74 valence electrons. The first-order valence-corrected chi connectivity index (χ1v) is 4.93. The van der Waals surface area contributed by atoms with Gasteiger partial charge in [-0.1, -0.05) is 19.1 Å². The maximum atomic E-state index is 11.4. The van der Waals surface area contributed by atoms with Gasteiger partial charge >= 0.3 is 0 Å². The zero-order valence-corrected chi connectivity index (χ0v) is 8.93. The van der Waals surface area contributed by atoms with E-state index < -0.39 is 0 Å². The average Bonchev–Trinajstić information content (AvgIpc) is 2.64. The van der Waals surface area contributed by atoms with Crippen LogP contribution in [-0.2, 0) is 4.79 Å². The summed E-state index contributed by atoms with van der Waals surface area (Å²) in [6.45, 7) is 3.05. The molecule has 0 heterocycles. The normalized spacial score (nSPS) is 25.4. The van der Waals surface area contributed by atoms with Gasteiger partial charge in [0.15, 0.2) is 0 Å². The first kappa shape index (κ1) is 10.4. The maximum absolute atomic E-state index is 11.4. The Morgan fingerprint density at radius 2 is 2.23 bits per heavy atom. The summed E-state index contributed by atoms with van der Waals surface area (Å²) >= 11 is 4.67. The van der Waals surface area contributed by atoms with Crippen molar-refractivity contribution in [3.63, 3.8) is 0 Å². The number of amides is 1. The highest BCUT2D eigenvalue weighted by Gasteiger charge is 2.34. The Morgan fingerprint density at radius 1 is 1.69 bits per heavy atom. The summed E-state index contributed by atoms with van der Waals surface area (Å²) in [5, 5.41) is 0. The minimum atomic E-state index is 0.0339. The van der Waals surface area contributed by atoms with Crippen LogP contribution in [0.5, 0.6) is 0 Å². The molecule has 0 radical (unpaired) electrons. The van der Waals surface area contributed by atoms with E-state index in [0.717, 1.165) is 12.5 Å². The fourth-order valence-corrected chi connectivity index (χ4v) is 1.51. The third kappa shape index (κ3) is 3.30. The average molecular weight is 200 g/mol. The molecule has 2 unspecified atom stereocenters. The van der Waals surface area contributed by atoms with Crippen molar-refractivity contribution in [2.45, 2.75) is 19.8 Å². The van der Waals surface area contributed by atoms with Gasteiger partial charge in [0.05, 0.1) is 11.4 Å². The fraction of sp³-hybridized carbons (Fsp3) is 0.778. The fourth-order valence-electron chi connectivity index (χ4n) is 1.39. The molecular formula is C9H16N2OS. The van der Waals surface area contributed by atoms with Gasteiger partial charge in [-0.2, -0.15) is 0 Å². The van der Waals surface area contributed by atoms with E-state index in [9.17, 15) is 4.79 Å². The van der Waals surface area contributed by atoms with Crippen LogP contribution < -0.4 is 5.73 Å². The van der Waals surface area contributed by atoms with Crippen molar-refractivity contribution in [2.24, 2.45) is 17.6 Å². The highest BCUT2D eigenvalue weighted by Crippen LogP contribution is 2.37. The quantitative estimate of drug-likeness (QED) is 0.682. The molecule has 0 aromatic heterocycles. The maximum Gasteiger partial charge on any atom is 0.229 e. The van der Waals surface area contributed by atoms with Crippen molar-refractivity contribution in [2.75, 3.05) is 13.6 Å². The Hall–Kier alpha value is -0.640. The van der Waals surface area contributed by atoms with Gasteiger partial charge in [-0.3, -0.25) is 4.79 Å². The smallest absolute Gasteiger partial charge is 0.229 e. The lowest BCUT2D eigenvalue weighted by Gasteiger charge is -2.16. The summed E-state index contributed by atoms with van der Waals surface area (Å²) in [4.78, 5) is 13.4. The monoisotopic (exact) mass is 200 g/mol. The van der Waals surface area contributed by atoms with E-state index in [4.69, 9.17) is 5.73 Å². The Bertz CT molecular complexity index is 230. The van der Waals surface area contributed by atoms with Gasteiger partial charge in [0.2, 0.25) is 5.91 Å². The molecule has 4 heteroatoms. The largest absolute Gasteiger partial charge is 0.393 e. The van der Waals surface area contributed by atoms with Crippen LogP contribution in [0.15, 0.2) is 0 Å². The van der Waals surface area contributed by atoms with Gasteiger partial charge in [-0.15, -0.1) is 0 Å². The first-order chi connectivity index (χ1) is 6.00. The van der Waals surface area contributed by atoms with Crippen molar-refractivity contribution in [1.29, 1.82) is 0 Å². The lowest BCUT2D eigenvalue weighted by Crippen LogP contribution is -2.31. The second-order valence-corrected chi connectivity index (χ2v) is 4.41. The minimum absolute atomic E-state index is 0.0339. The number of thiocarbonyl (C=S) groups is 1. The molecule has 1 aliphatic carbocycles. The number of nitrogens with two attached hydrogens (primary N) is 1. The molecule has 0 saturated heterocycles. The van der Waals surface area contributed by atoms with Crippen LogP contribution in [-0.4, -0.2) is 29.4 Å². The Labute approximate surface area is 84.3 Å². The van der Waals surface area contributed by atoms with Crippen molar-refractivity contribution in [1.82, 2.24) is 4.90 Å². The van der Waals surface area contributed by atoms with Crippen molar-refractivity contribution in [3.8, 4) is 0 Å². The van der Waals surface area contributed by atoms with Gasteiger partial charge in [-0.25, -0.2) is 0 Å². The van der Waals surface area contributed by atoms with E-state index in [2.05, 4.69) is 19.1 Å². The molecular weight excluding hydrogens is 184 g/mol. The van der Waals surface area contributed by atoms with Gasteiger partial charge in [0.1, 0.15) is 0 Å². The lowest BCUT2D eigenvalue weighted by atomic mass is 10.3. The van der Waals surface area contributed by atoms with E-state index in [1.807, 2.05) is 7.05 Å². The second-order valence-electron chi connectivity index (χ2n) is 3.89. The van der Waals surface area contributed by atoms with Crippen LogP contribution in [0.1, 0.15) is 19.8 Å². The van der Waals surface area contributed by atoms with Gasteiger partial charge in [0, 0.05) is 13.6 Å². The molecule has 3 nitrogen and oxygen atoms in total. The molecule has 1 saturated carbocycles. The summed E-state index contributed by atoms with van der Waals surface area (Å²) in [6.07, 6.45) is 1.44. The van der Waals surface area contributed by atoms with Crippen LogP contribution in [0.4, 0.5) is 0 Å². The van der Waals surface area contributed by atoms with Gasteiger partial charge in [0.25, 0.3) is 0 Å². The van der Waals surface area contributed by atoms with E-state index in [0.29, 0.717) is 5.92 Å². The van der Waals surface area contributed by atoms with Crippen molar-refractivity contribution >= 4 is 23.1 Å². The third-order valence-electron chi connectivity index (χ3n) is 2.54. The molecule has 0 aromatic carbocycles. The number of carbonyl (C=O) groups is 1. The van der Waals surface area contributed by atoms with E-state index in [-0.39, 0.29) is 17.3 Å². The predicted octanol–water partition coefficient (Wildman–Crippen LogP) is 0.777. The van der Waals surface area contributed by atoms with E-state index in [1.165, 1.54) is 6.42 Å². The van der Waals surface area contributed by atoms with Gasteiger partial charge in [-0.05, 0) is 18.3 Å². The highest BCUT2D eigenvalue weighted by atomic mass is 32.1. The number of hydrogen-bond donors (Lipinski definition) is 1. The molecule has 2 atom stereocenters. The number of hydrogen-bond acceptors (Lipinski definition) is 2. The highest BCUT2D eigenvalue weighted by molar-refractivity contribution is 7.80. The zero-order chi connectivity index (χ0) is 10.0. The third-order valence-corrected chi connectivity index (χ3v) is 2.68. The molecule has 13 heavy (non-hydrogen) atoms. The first-order valence-electron chi connectivity index (χ1n) is 4.53. The SMILES string of the molecule is CC1CC1CN(C)C(=O)CC(N)=S. The van der Waals surface area contributed by atoms with Crippen LogP contribution in [0.3, 0.4) is 0 Å². The van der Waals surface area contributed by atoms with Crippen LogP contribution >= 0.6 is 12.2 Å². The van der Waals surface area contributed by atoms with Crippen LogP contribution in [0.2, 0.25) is 0 Å². The number of nitrogens with zero attached hydrogens (tertiary/aromatic N) is 1. The van der Waals surface area contributed by atoms with Gasteiger partial charge < -0.3 is 10.6 Å². The molecule has 2 N–H and O–H groups in total. The minimum Gasteiger partial charge on any atom is -0.393 e. The van der Waals surface area contributed by atoms with E-state index in [1.54, 1.807) is 4.90 Å². The summed E-state index contributed by atoms with van der Waals surface area (Å²) < 4.78 is 0. The Balaban J connectivity index is 2.26. The Morgan fingerprint density at radius 3 is 2.62 bits per heavy atom. The molecule has 1 amide bonds. The molecule has 0 aromatic rings. The van der Waals surface area contributed by atoms with Crippen LogP contribution in [0.25, 0.3) is 0 Å². The molecule has 0 bridgehead atoms. The van der Waals surface area contributed by atoms with E-state index >= 15 is 0 Å². The molecule has 1 aliphatic rings. The topological polar surface area (TPSA) is 46.3 Å². The zero-order valence-electron chi connectivity index (χ0n) is 8.12. The molecule has 0 spiro atoms. The summed E-state index contributed by atoms with van der Waals surface area (Å²) in [5.74, 6) is 1.51. The standard InChI is InChI=1S/C9H16N2OS/c1-6-3-7(6)5-11(2)9(12)4-8(10)13/h6-7H,3-5H2,1-2H3,(H2,10,13). The molecule has 1 fully saturated rings. The molecule has 1 rings (SSSR count). The summed E-state index contributed by atoms with van der Waals surface area (Å²) in [7, 11) is 1.81. The van der Waals surface area contributed by atoms with Crippen molar-refractivity contribution < 1.29 is 4.79 Å². The molecule has 0 aliphatic heterocycles. The summed E-state index contributed by atoms with van der Waals surface area (Å²) in [5.41, 5.74) is 5.29. The lowest BCUT2D eigenvalue weighted by molar-refractivity contribution is -0.128. The van der Waals surface area contributed by atoms with Crippen molar-refractivity contribution in [3.05, 3.63) is 0 Å². The number of rotatable bonds is 4. The predicted molar refractivity (Wildman–Crippen MR) is 56.3 cm³/mol. The second kappa shape index (κ2) is 4.05. The van der Waals surface area contributed by atoms with Crippen LogP contribution in [0, 0.1) is 11.8 Å². The Kier molecular flexibility index (Phi) is 3.25. The summed E-state index contributed by atoms with van der Waals surface area (Å²) in [6, 6.07) is 0. The number of carbonyl (C=O) groups excluding carboxylic acids is 1.